The smallest absolute Gasteiger partial charge is 0.337 e. The predicted molar refractivity (Wildman–Crippen MR) is 67.9 cm³/mol. The molecular formula is C13H18N2O3. The number of aromatic nitrogens is 1. The highest BCUT2D eigenvalue weighted by Crippen LogP contribution is 2.25. The van der Waals surface area contributed by atoms with Gasteiger partial charge in [0.1, 0.15) is 5.82 Å². The van der Waals surface area contributed by atoms with Gasteiger partial charge in [-0.15, -0.1) is 0 Å². The van der Waals surface area contributed by atoms with Crippen molar-refractivity contribution < 1.29 is 14.6 Å². The molecule has 0 aliphatic carbocycles. The van der Waals surface area contributed by atoms with Crippen LogP contribution >= 0.6 is 0 Å². The number of hydrogen-bond donors (Lipinski definition) is 2. The molecule has 1 aliphatic rings. The standard InChI is InChI=1S/C13H18N2O3/c1-13(2)7-10(5-6-18-13)15-11-4-3-9(8-14-11)12(16)17/h3-4,8,10H,5-7H2,1-2H3,(H,14,15)(H,16,17). The molecule has 0 aromatic carbocycles. The second-order valence-corrected chi connectivity index (χ2v) is 5.18. The lowest BCUT2D eigenvalue weighted by molar-refractivity contribution is -0.0553. The van der Waals surface area contributed by atoms with E-state index in [0.717, 1.165) is 19.4 Å². The fourth-order valence-corrected chi connectivity index (χ4v) is 2.17. The molecule has 2 rings (SSSR count). The number of rotatable bonds is 3. The molecule has 1 atom stereocenters. The average Bonchev–Trinajstić information content (AvgIpc) is 2.28. The van der Waals surface area contributed by atoms with Crippen LogP contribution in [0, 0.1) is 0 Å². The fraction of sp³-hybridized carbons (Fsp3) is 0.538. The molecule has 1 aromatic heterocycles. The Balaban J connectivity index is 1.99. The minimum atomic E-state index is -0.957. The van der Waals surface area contributed by atoms with Gasteiger partial charge in [0.15, 0.2) is 0 Å². The van der Waals surface area contributed by atoms with Crippen LogP contribution in [0.2, 0.25) is 0 Å². The van der Waals surface area contributed by atoms with Crippen LogP contribution in [0.4, 0.5) is 5.82 Å². The first-order valence-electron chi connectivity index (χ1n) is 6.06. The van der Waals surface area contributed by atoms with E-state index in [1.807, 2.05) is 0 Å². The largest absolute Gasteiger partial charge is 0.478 e. The van der Waals surface area contributed by atoms with Crippen molar-refractivity contribution in [2.24, 2.45) is 0 Å². The van der Waals surface area contributed by atoms with Gasteiger partial charge in [-0.25, -0.2) is 9.78 Å². The van der Waals surface area contributed by atoms with Gasteiger partial charge in [-0.05, 0) is 38.8 Å². The van der Waals surface area contributed by atoms with E-state index < -0.39 is 5.97 Å². The summed E-state index contributed by atoms with van der Waals surface area (Å²) in [6, 6.07) is 3.57. The van der Waals surface area contributed by atoms with Crippen LogP contribution in [0.3, 0.4) is 0 Å². The molecule has 1 fully saturated rings. The van der Waals surface area contributed by atoms with Gasteiger partial charge in [0, 0.05) is 18.8 Å². The molecule has 18 heavy (non-hydrogen) atoms. The van der Waals surface area contributed by atoms with Crippen LogP contribution in [0.5, 0.6) is 0 Å². The van der Waals surface area contributed by atoms with Crippen molar-refractivity contribution in [3.05, 3.63) is 23.9 Å². The van der Waals surface area contributed by atoms with Crippen LogP contribution in [0.1, 0.15) is 37.0 Å². The van der Waals surface area contributed by atoms with Crippen LogP contribution < -0.4 is 5.32 Å². The summed E-state index contributed by atoms with van der Waals surface area (Å²) in [6.07, 6.45) is 3.22. The van der Waals surface area contributed by atoms with Crippen LogP contribution in [0.15, 0.2) is 18.3 Å². The average molecular weight is 250 g/mol. The van der Waals surface area contributed by atoms with E-state index in [-0.39, 0.29) is 11.2 Å². The quantitative estimate of drug-likeness (QED) is 0.860. The topological polar surface area (TPSA) is 71.5 Å². The van der Waals surface area contributed by atoms with Gasteiger partial charge >= 0.3 is 5.97 Å². The molecular weight excluding hydrogens is 232 g/mol. The van der Waals surface area contributed by atoms with Gasteiger partial charge in [-0.1, -0.05) is 0 Å². The Hall–Kier alpha value is -1.62. The first-order chi connectivity index (χ1) is 8.46. The summed E-state index contributed by atoms with van der Waals surface area (Å²) in [5, 5.41) is 12.1. The highest BCUT2D eigenvalue weighted by atomic mass is 16.5. The van der Waals surface area contributed by atoms with Gasteiger partial charge in [0.2, 0.25) is 0 Å². The van der Waals surface area contributed by atoms with E-state index in [2.05, 4.69) is 24.1 Å². The highest BCUT2D eigenvalue weighted by Gasteiger charge is 2.28. The molecule has 1 saturated heterocycles. The lowest BCUT2D eigenvalue weighted by atomic mass is 9.94. The van der Waals surface area contributed by atoms with E-state index in [1.165, 1.54) is 6.20 Å². The Kier molecular flexibility index (Phi) is 3.52. The number of aromatic carboxylic acids is 1. The Labute approximate surface area is 106 Å². The Morgan fingerprint density at radius 2 is 2.33 bits per heavy atom. The van der Waals surface area contributed by atoms with Gasteiger partial charge in [-0.3, -0.25) is 0 Å². The zero-order chi connectivity index (χ0) is 13.2. The molecule has 0 bridgehead atoms. The van der Waals surface area contributed by atoms with E-state index in [0.29, 0.717) is 11.9 Å². The van der Waals surface area contributed by atoms with Crippen LogP contribution in [-0.2, 0) is 4.74 Å². The number of ether oxygens (including phenoxy) is 1. The number of nitrogens with zero attached hydrogens (tertiary/aromatic N) is 1. The number of hydrogen-bond acceptors (Lipinski definition) is 4. The maximum Gasteiger partial charge on any atom is 0.337 e. The number of carbonyl (C=O) groups is 1. The molecule has 5 heteroatoms. The van der Waals surface area contributed by atoms with Crippen molar-refractivity contribution in [2.75, 3.05) is 11.9 Å². The first kappa shape index (κ1) is 12.8. The summed E-state index contributed by atoms with van der Waals surface area (Å²) in [4.78, 5) is 14.8. The van der Waals surface area contributed by atoms with Crippen molar-refractivity contribution in [1.82, 2.24) is 4.98 Å². The van der Waals surface area contributed by atoms with E-state index in [9.17, 15) is 4.79 Å². The summed E-state index contributed by atoms with van der Waals surface area (Å²) < 4.78 is 5.65. The van der Waals surface area contributed by atoms with E-state index in [4.69, 9.17) is 9.84 Å². The monoisotopic (exact) mass is 250 g/mol. The van der Waals surface area contributed by atoms with Crippen molar-refractivity contribution in [2.45, 2.75) is 38.3 Å². The maximum absolute atomic E-state index is 10.7. The number of pyridine rings is 1. The van der Waals surface area contributed by atoms with Gasteiger partial charge in [0.25, 0.3) is 0 Å². The Bertz CT molecular complexity index is 428. The molecule has 2 heterocycles. The van der Waals surface area contributed by atoms with Crippen molar-refractivity contribution in [3.63, 3.8) is 0 Å². The summed E-state index contributed by atoms with van der Waals surface area (Å²) in [7, 11) is 0. The minimum absolute atomic E-state index is 0.114. The van der Waals surface area contributed by atoms with Gasteiger partial charge in [-0.2, -0.15) is 0 Å². The summed E-state index contributed by atoms with van der Waals surface area (Å²) in [5.74, 6) is -0.246. The van der Waals surface area contributed by atoms with Gasteiger partial charge in [0.05, 0.1) is 11.2 Å². The molecule has 2 N–H and O–H groups in total. The third-order valence-corrected chi connectivity index (χ3v) is 3.06. The van der Waals surface area contributed by atoms with Crippen molar-refractivity contribution in [3.8, 4) is 0 Å². The lowest BCUT2D eigenvalue weighted by Crippen LogP contribution is -2.40. The number of anilines is 1. The lowest BCUT2D eigenvalue weighted by Gasteiger charge is -2.36. The third-order valence-electron chi connectivity index (χ3n) is 3.06. The highest BCUT2D eigenvalue weighted by molar-refractivity contribution is 5.87. The Morgan fingerprint density at radius 1 is 1.56 bits per heavy atom. The van der Waals surface area contributed by atoms with Crippen molar-refractivity contribution in [1.29, 1.82) is 0 Å². The molecule has 1 aliphatic heterocycles. The predicted octanol–water partition coefficient (Wildman–Crippen LogP) is 2.15. The summed E-state index contributed by atoms with van der Waals surface area (Å²) in [5.41, 5.74) is 0.0876. The number of nitrogens with one attached hydrogen (secondary N) is 1. The molecule has 0 saturated carbocycles. The van der Waals surface area contributed by atoms with E-state index >= 15 is 0 Å². The van der Waals surface area contributed by atoms with Crippen LogP contribution in [-0.4, -0.2) is 34.3 Å². The molecule has 98 valence electrons. The molecule has 5 nitrogen and oxygen atoms in total. The molecule has 1 aromatic rings. The molecule has 0 amide bonds. The molecule has 1 unspecified atom stereocenters. The second kappa shape index (κ2) is 4.94. The number of carboxylic acid groups (broad SMARTS) is 1. The summed E-state index contributed by atoms with van der Waals surface area (Å²) >= 11 is 0. The normalized spacial score (nSPS) is 22.4. The fourth-order valence-electron chi connectivity index (χ4n) is 2.17. The maximum atomic E-state index is 10.7. The molecule has 0 radical (unpaired) electrons. The zero-order valence-corrected chi connectivity index (χ0v) is 10.6. The van der Waals surface area contributed by atoms with Crippen molar-refractivity contribution >= 4 is 11.8 Å². The minimum Gasteiger partial charge on any atom is -0.478 e. The van der Waals surface area contributed by atoms with Gasteiger partial charge < -0.3 is 15.2 Å². The first-order valence-corrected chi connectivity index (χ1v) is 6.06. The number of carboxylic acids is 1. The van der Waals surface area contributed by atoms with E-state index in [1.54, 1.807) is 12.1 Å². The second-order valence-electron chi connectivity index (χ2n) is 5.18. The Morgan fingerprint density at radius 3 is 2.89 bits per heavy atom. The third kappa shape index (κ3) is 3.20. The summed E-state index contributed by atoms with van der Waals surface area (Å²) in [6.45, 7) is 4.88. The van der Waals surface area contributed by atoms with Crippen LogP contribution in [0.25, 0.3) is 0 Å². The zero-order valence-electron chi connectivity index (χ0n) is 10.6. The SMILES string of the molecule is CC1(C)CC(Nc2ccc(C(=O)O)cn2)CCO1. The molecule has 0 spiro atoms.